The number of hydrogen-bond donors (Lipinski definition) is 3. The molecule has 0 aliphatic carbocycles. The topological polar surface area (TPSA) is 79.2 Å². The molecule has 2 rings (SSSR count). The zero-order valence-electron chi connectivity index (χ0n) is 9.72. The van der Waals surface area contributed by atoms with Crippen LogP contribution in [-0.2, 0) is 17.9 Å². The van der Waals surface area contributed by atoms with Crippen molar-refractivity contribution in [3.05, 3.63) is 18.0 Å². The highest BCUT2D eigenvalue weighted by atomic mass is 16.3. The average molecular weight is 238 g/mol. The Hall–Kier alpha value is -1.40. The number of carbonyl (C=O) groups excluding carboxylic acids is 1. The monoisotopic (exact) mass is 238 g/mol. The van der Waals surface area contributed by atoms with Crippen molar-refractivity contribution < 1.29 is 9.90 Å². The lowest BCUT2D eigenvalue weighted by Gasteiger charge is -2.22. The predicted molar refractivity (Wildman–Crippen MR) is 62.2 cm³/mol. The van der Waals surface area contributed by atoms with Gasteiger partial charge in [0.25, 0.3) is 0 Å². The van der Waals surface area contributed by atoms with Crippen LogP contribution in [0.5, 0.6) is 0 Å². The summed E-state index contributed by atoms with van der Waals surface area (Å²) in [5, 5.41) is 18.9. The molecule has 1 aliphatic rings. The number of aromatic nitrogens is 2. The van der Waals surface area contributed by atoms with Crippen molar-refractivity contribution in [1.82, 2.24) is 20.4 Å². The SMILES string of the molecule is O=C1NCCCC1NCc1cnn(CCO)c1. The molecule has 0 bridgehead atoms. The maximum atomic E-state index is 11.5. The quantitative estimate of drug-likeness (QED) is 0.630. The van der Waals surface area contributed by atoms with Crippen LogP contribution < -0.4 is 10.6 Å². The highest BCUT2D eigenvalue weighted by molar-refractivity contribution is 5.82. The van der Waals surface area contributed by atoms with E-state index >= 15 is 0 Å². The van der Waals surface area contributed by atoms with Gasteiger partial charge in [-0.1, -0.05) is 0 Å². The van der Waals surface area contributed by atoms with Crippen LogP contribution >= 0.6 is 0 Å². The Morgan fingerprint density at radius 3 is 3.29 bits per heavy atom. The third-order valence-corrected chi connectivity index (χ3v) is 2.85. The van der Waals surface area contributed by atoms with Gasteiger partial charge in [0.15, 0.2) is 0 Å². The molecular formula is C11H18N4O2. The van der Waals surface area contributed by atoms with Crippen molar-refractivity contribution in [3.63, 3.8) is 0 Å². The third-order valence-electron chi connectivity index (χ3n) is 2.85. The highest BCUT2D eigenvalue weighted by Crippen LogP contribution is 2.05. The molecule has 6 nitrogen and oxygen atoms in total. The van der Waals surface area contributed by atoms with E-state index in [2.05, 4.69) is 15.7 Å². The summed E-state index contributed by atoms with van der Waals surface area (Å²) in [4.78, 5) is 11.5. The minimum atomic E-state index is -0.0926. The molecule has 1 fully saturated rings. The maximum Gasteiger partial charge on any atom is 0.237 e. The molecule has 1 atom stereocenters. The molecule has 0 spiro atoms. The molecule has 1 amide bonds. The first kappa shape index (κ1) is 12.1. The molecule has 17 heavy (non-hydrogen) atoms. The van der Waals surface area contributed by atoms with Gasteiger partial charge in [0, 0.05) is 24.8 Å². The van der Waals surface area contributed by atoms with Crippen LogP contribution in [0.1, 0.15) is 18.4 Å². The second kappa shape index (κ2) is 5.79. The summed E-state index contributed by atoms with van der Waals surface area (Å²) in [6.45, 7) is 2.00. The molecule has 0 saturated carbocycles. The van der Waals surface area contributed by atoms with Gasteiger partial charge >= 0.3 is 0 Å². The normalized spacial score (nSPS) is 20.3. The average Bonchev–Trinajstić information content (AvgIpc) is 2.76. The van der Waals surface area contributed by atoms with Crippen molar-refractivity contribution in [2.45, 2.75) is 32.0 Å². The first-order valence-corrected chi connectivity index (χ1v) is 5.93. The number of aliphatic hydroxyl groups is 1. The number of piperidine rings is 1. The summed E-state index contributed by atoms with van der Waals surface area (Å²) in [5.74, 6) is 0.0824. The smallest absolute Gasteiger partial charge is 0.237 e. The number of amides is 1. The Kier molecular flexibility index (Phi) is 4.11. The molecule has 2 heterocycles. The highest BCUT2D eigenvalue weighted by Gasteiger charge is 2.20. The summed E-state index contributed by atoms with van der Waals surface area (Å²) in [7, 11) is 0. The van der Waals surface area contributed by atoms with Crippen LogP contribution in [0.2, 0.25) is 0 Å². The predicted octanol–water partition coefficient (Wildman–Crippen LogP) is -0.756. The van der Waals surface area contributed by atoms with Crippen LogP contribution in [0.15, 0.2) is 12.4 Å². The molecule has 1 aromatic heterocycles. The van der Waals surface area contributed by atoms with Crippen molar-refractivity contribution in [2.75, 3.05) is 13.2 Å². The van der Waals surface area contributed by atoms with Gasteiger partial charge in [-0.25, -0.2) is 0 Å². The van der Waals surface area contributed by atoms with E-state index < -0.39 is 0 Å². The molecule has 1 aliphatic heterocycles. The van der Waals surface area contributed by atoms with Crippen molar-refractivity contribution in [1.29, 1.82) is 0 Å². The van der Waals surface area contributed by atoms with Gasteiger partial charge in [-0.15, -0.1) is 0 Å². The standard InChI is InChI=1S/C11H18N4O2/c16-5-4-15-8-9(7-14-15)6-13-10-2-1-3-12-11(10)17/h7-8,10,13,16H,1-6H2,(H,12,17). The van der Waals surface area contributed by atoms with Gasteiger partial charge in [-0.2, -0.15) is 5.10 Å². The number of hydrogen-bond acceptors (Lipinski definition) is 4. The Morgan fingerprint density at radius 2 is 2.53 bits per heavy atom. The lowest BCUT2D eigenvalue weighted by Crippen LogP contribution is -2.47. The first-order valence-electron chi connectivity index (χ1n) is 5.93. The number of carbonyl (C=O) groups is 1. The summed E-state index contributed by atoms with van der Waals surface area (Å²) in [5.41, 5.74) is 1.02. The fraction of sp³-hybridized carbons (Fsp3) is 0.636. The fourth-order valence-corrected chi connectivity index (χ4v) is 1.93. The fourth-order valence-electron chi connectivity index (χ4n) is 1.93. The molecule has 1 saturated heterocycles. The summed E-state index contributed by atoms with van der Waals surface area (Å²) >= 11 is 0. The largest absolute Gasteiger partial charge is 0.394 e. The van der Waals surface area contributed by atoms with Gasteiger partial charge in [-0.05, 0) is 12.8 Å². The molecule has 1 aromatic rings. The summed E-state index contributed by atoms with van der Waals surface area (Å²) < 4.78 is 1.69. The van der Waals surface area contributed by atoms with E-state index in [0.29, 0.717) is 13.1 Å². The van der Waals surface area contributed by atoms with Crippen LogP contribution in [0.25, 0.3) is 0 Å². The Labute approximate surface area is 100 Å². The number of nitrogens with zero attached hydrogens (tertiary/aromatic N) is 2. The van der Waals surface area contributed by atoms with E-state index in [0.717, 1.165) is 24.9 Å². The van der Waals surface area contributed by atoms with Gasteiger partial charge in [-0.3, -0.25) is 9.48 Å². The number of rotatable bonds is 5. The lowest BCUT2D eigenvalue weighted by atomic mass is 10.1. The molecule has 3 N–H and O–H groups in total. The Balaban J connectivity index is 1.82. The molecule has 0 radical (unpaired) electrons. The van der Waals surface area contributed by atoms with Gasteiger partial charge in [0.2, 0.25) is 5.91 Å². The first-order chi connectivity index (χ1) is 8.29. The zero-order valence-corrected chi connectivity index (χ0v) is 9.72. The van der Waals surface area contributed by atoms with E-state index in [1.165, 1.54) is 0 Å². The summed E-state index contributed by atoms with van der Waals surface area (Å²) in [6, 6.07) is -0.0926. The Bertz CT molecular complexity index is 377. The molecule has 0 aromatic carbocycles. The lowest BCUT2D eigenvalue weighted by molar-refractivity contribution is -0.124. The van der Waals surface area contributed by atoms with E-state index in [9.17, 15) is 4.79 Å². The number of nitrogens with one attached hydrogen (secondary N) is 2. The number of aliphatic hydroxyl groups excluding tert-OH is 1. The van der Waals surface area contributed by atoms with Crippen molar-refractivity contribution >= 4 is 5.91 Å². The van der Waals surface area contributed by atoms with Crippen LogP contribution in [0, 0.1) is 0 Å². The third kappa shape index (κ3) is 3.28. The zero-order chi connectivity index (χ0) is 12.1. The van der Waals surface area contributed by atoms with E-state index in [1.807, 2.05) is 6.20 Å². The summed E-state index contributed by atoms with van der Waals surface area (Å²) in [6.07, 6.45) is 5.54. The molecule has 6 heteroatoms. The Morgan fingerprint density at radius 1 is 1.65 bits per heavy atom. The minimum Gasteiger partial charge on any atom is -0.394 e. The van der Waals surface area contributed by atoms with Crippen molar-refractivity contribution in [3.8, 4) is 0 Å². The van der Waals surface area contributed by atoms with Crippen LogP contribution in [-0.4, -0.2) is 40.0 Å². The van der Waals surface area contributed by atoms with Crippen LogP contribution in [0.3, 0.4) is 0 Å². The second-order valence-electron chi connectivity index (χ2n) is 4.20. The molecule has 1 unspecified atom stereocenters. The van der Waals surface area contributed by atoms with E-state index in [4.69, 9.17) is 5.11 Å². The molecular weight excluding hydrogens is 220 g/mol. The van der Waals surface area contributed by atoms with Gasteiger partial charge in [0.1, 0.15) is 0 Å². The van der Waals surface area contributed by atoms with Gasteiger partial charge in [0.05, 0.1) is 25.4 Å². The van der Waals surface area contributed by atoms with Crippen molar-refractivity contribution in [2.24, 2.45) is 0 Å². The second-order valence-corrected chi connectivity index (χ2v) is 4.20. The van der Waals surface area contributed by atoms with E-state index in [-0.39, 0.29) is 18.6 Å². The van der Waals surface area contributed by atoms with Gasteiger partial charge < -0.3 is 15.7 Å². The molecule has 94 valence electrons. The minimum absolute atomic E-state index is 0.0824. The van der Waals surface area contributed by atoms with Crippen LogP contribution in [0.4, 0.5) is 0 Å². The maximum absolute atomic E-state index is 11.5. The van der Waals surface area contributed by atoms with E-state index in [1.54, 1.807) is 10.9 Å².